The van der Waals surface area contributed by atoms with E-state index in [1.165, 1.54) is 0 Å². The van der Waals surface area contributed by atoms with Crippen LogP contribution in [0.25, 0.3) is 71.7 Å². The summed E-state index contributed by atoms with van der Waals surface area (Å²) in [6.45, 7) is 0. The number of fused-ring (bicyclic) bond motifs is 6. The first-order valence-electron chi connectivity index (χ1n) is 30.7. The highest BCUT2D eigenvalue weighted by atomic mass is 16.3. The molecule has 3 nitrogen and oxygen atoms in total. The van der Waals surface area contributed by atoms with Gasteiger partial charge in [0.1, 0.15) is 11.2 Å². The molecule has 0 N–H and O–H groups in total. The molecule has 10 aromatic rings. The molecule has 0 atom stereocenters. The molecule has 0 aliphatic rings. The molecule has 3 heteroatoms. The van der Waals surface area contributed by atoms with E-state index in [-0.39, 0.29) is 0 Å². The molecule has 0 aliphatic carbocycles. The van der Waals surface area contributed by atoms with Gasteiger partial charge in [0.15, 0.2) is 0 Å². The van der Waals surface area contributed by atoms with Crippen molar-refractivity contribution in [1.82, 2.24) is 4.57 Å². The number of aromatic nitrogens is 1. The van der Waals surface area contributed by atoms with Crippen LogP contribution in [0.4, 0.5) is 17.1 Å². The summed E-state index contributed by atoms with van der Waals surface area (Å²) in [4.78, 5) is 0.380. The van der Waals surface area contributed by atoms with Crippen LogP contribution < -0.4 is 4.90 Å². The third kappa shape index (κ3) is 4.82. The predicted molar refractivity (Wildman–Crippen MR) is 214 cm³/mol. The molecule has 240 valence electrons. The topological polar surface area (TPSA) is 21.3 Å². The van der Waals surface area contributed by atoms with E-state index in [0.717, 1.165) is 0 Å². The van der Waals surface area contributed by atoms with E-state index in [9.17, 15) is 17.8 Å². The van der Waals surface area contributed by atoms with Crippen LogP contribution in [0.5, 0.6) is 0 Å². The SMILES string of the molecule is [2H]c1c([2H])c([2H])c(-c2c([2H])c([2H])c(N(c3c([2H])c([2H])c([2H])c([2H])c3[2H])c3c([2H])c([2H])c(-c4c([2H])c([2H])c([2H])c(-n5c6c([2H])c([2H])c([2H])c([2H])c6c6c([2H])c([2H])c([2H])c([2H])c65)c4[2H])c4oc5c([2H])c([2H])c([2H])c([2H])c5c34)c([2H])c2[2H])c([2H])c1[2H]. The molecular weight excluding hydrogens is 621 g/mol. The van der Waals surface area contributed by atoms with Crippen LogP contribution in [-0.2, 0) is 0 Å². The van der Waals surface area contributed by atoms with Gasteiger partial charge in [-0.05, 0) is 83.2 Å². The first-order valence-corrected chi connectivity index (χ1v) is 14.7. The van der Waals surface area contributed by atoms with Gasteiger partial charge < -0.3 is 13.9 Å². The molecule has 10 rings (SSSR count). The van der Waals surface area contributed by atoms with Crippen molar-refractivity contribution in [3.05, 3.63) is 193 Å². The Balaban J connectivity index is 1.46. The maximum absolute atomic E-state index is 9.98. The zero-order valence-electron chi connectivity index (χ0n) is 57.3. The van der Waals surface area contributed by atoms with E-state index < -0.39 is 282 Å². The van der Waals surface area contributed by atoms with E-state index in [2.05, 4.69) is 0 Å². The molecule has 0 saturated carbocycles. The maximum Gasteiger partial charge on any atom is 0.145 e. The molecule has 0 fully saturated rings. The van der Waals surface area contributed by atoms with Crippen molar-refractivity contribution in [2.75, 3.05) is 4.90 Å². The molecule has 0 spiro atoms. The lowest BCUT2D eigenvalue weighted by Gasteiger charge is -2.27. The van der Waals surface area contributed by atoms with Gasteiger partial charge in [0.25, 0.3) is 0 Å². The van der Waals surface area contributed by atoms with E-state index in [1.807, 2.05) is 0 Å². The molecular formula is C48H32N2O. The first kappa shape index (κ1) is 11.3. The molecule has 0 saturated heterocycles. The van der Waals surface area contributed by atoms with Gasteiger partial charge in [-0.2, -0.15) is 0 Å². The van der Waals surface area contributed by atoms with Crippen LogP contribution in [0.3, 0.4) is 0 Å². The number of benzene rings is 8. The minimum absolute atomic E-state index is 0.380. The van der Waals surface area contributed by atoms with Crippen LogP contribution in [-0.4, -0.2) is 4.57 Å². The fraction of sp³-hybridized carbons (Fsp3) is 0. The first-order chi connectivity index (χ1) is 38.6. The van der Waals surface area contributed by atoms with Gasteiger partial charge in [-0.3, -0.25) is 0 Å². The van der Waals surface area contributed by atoms with E-state index in [1.54, 1.807) is 0 Å². The van der Waals surface area contributed by atoms with E-state index in [0.29, 0.717) is 9.47 Å². The average Bonchev–Trinajstić information content (AvgIpc) is 1.73. The largest absolute Gasteiger partial charge is 0.455 e. The normalized spacial score (nSPS) is 20.3. The fourth-order valence-corrected chi connectivity index (χ4v) is 5.63. The smallest absolute Gasteiger partial charge is 0.145 e. The lowest BCUT2D eigenvalue weighted by molar-refractivity contribution is 0.670. The monoisotopic (exact) mass is 684 g/mol. The molecule has 0 unspecified atom stereocenters. The third-order valence-electron chi connectivity index (χ3n) is 7.74. The predicted octanol–water partition coefficient (Wildman–Crippen LogP) is 13.5. The number of hydrogen-bond donors (Lipinski definition) is 0. The number of anilines is 3. The summed E-state index contributed by atoms with van der Waals surface area (Å²) < 4.78 is 294. The van der Waals surface area contributed by atoms with Crippen LogP contribution >= 0.6 is 0 Å². The number of nitrogens with zero attached hydrogens (tertiary/aromatic N) is 2. The molecule has 0 bridgehead atoms. The van der Waals surface area contributed by atoms with Crippen molar-refractivity contribution in [3.63, 3.8) is 0 Å². The average molecular weight is 685 g/mol. The summed E-state index contributed by atoms with van der Waals surface area (Å²) in [6.07, 6.45) is 0. The van der Waals surface area contributed by atoms with Crippen LogP contribution in [0.1, 0.15) is 43.9 Å². The Bertz CT molecular complexity index is 4550. The van der Waals surface area contributed by atoms with Crippen molar-refractivity contribution in [2.45, 2.75) is 0 Å². The Morgan fingerprint density at radius 2 is 1.02 bits per heavy atom. The Hall–Kier alpha value is -6.84. The number of hydrogen-bond acceptors (Lipinski definition) is 2. The molecule has 2 heterocycles. The molecule has 51 heavy (non-hydrogen) atoms. The summed E-state index contributed by atoms with van der Waals surface area (Å²) in [5.41, 5.74) is -11.0. The van der Waals surface area contributed by atoms with Gasteiger partial charge in [-0.15, -0.1) is 0 Å². The van der Waals surface area contributed by atoms with Crippen LogP contribution in [0.2, 0.25) is 0 Å². The highest BCUT2D eigenvalue weighted by molar-refractivity contribution is 6.17. The summed E-state index contributed by atoms with van der Waals surface area (Å²) in [5, 5.41) is -2.70. The second-order valence-corrected chi connectivity index (χ2v) is 10.5. The maximum atomic E-state index is 9.98. The van der Waals surface area contributed by atoms with Crippen molar-refractivity contribution in [1.29, 1.82) is 0 Å². The molecule has 0 radical (unpaired) electrons. The second kappa shape index (κ2) is 11.9. The number of para-hydroxylation sites is 4. The number of furan rings is 1. The number of rotatable bonds is 6. The summed E-state index contributed by atoms with van der Waals surface area (Å²) in [6, 6.07) is -33.5. The van der Waals surface area contributed by atoms with Gasteiger partial charge in [-0.25, -0.2) is 0 Å². The Morgan fingerprint density at radius 3 is 1.75 bits per heavy atom. The summed E-state index contributed by atoms with van der Waals surface area (Å²) >= 11 is 0. The Morgan fingerprint density at radius 1 is 0.451 bits per heavy atom. The molecule has 0 amide bonds. The minimum Gasteiger partial charge on any atom is -0.455 e. The zero-order chi connectivity index (χ0) is 61.6. The Kier molecular flexibility index (Phi) is 2.66. The van der Waals surface area contributed by atoms with Crippen LogP contribution in [0, 0.1) is 0 Å². The third-order valence-corrected chi connectivity index (χ3v) is 7.74. The summed E-state index contributed by atoms with van der Waals surface area (Å²) in [5.74, 6) is 0. The van der Waals surface area contributed by atoms with Gasteiger partial charge in [0.2, 0.25) is 0 Å². The van der Waals surface area contributed by atoms with Crippen molar-refractivity contribution in [2.24, 2.45) is 0 Å². The van der Waals surface area contributed by atoms with Gasteiger partial charge in [-0.1, -0.05) is 127 Å². The standard InChI is InChI=1S/C48H32N2O/c1-3-14-33(15-4-1)34-26-28-37(29-27-34)49(36-17-5-2-6-18-36)45-31-30-39(48-47(45)42-22-9-12-25-46(42)51-48)35-16-13-19-38(32-35)50-43-23-10-7-20-40(43)41-21-8-11-24-44(41)50/h1-32H/i1D,2D,3D,4D,5D,6D,7D,8D,9D,10D,11D,12D,13D,14D,15D,16D,17D,18D,19D,20D,21D,22D,23D,24D,25D,26D,27D,28D,29D,30D,31D,32D. The lowest BCUT2D eigenvalue weighted by Crippen LogP contribution is -2.10. The molecule has 8 aromatic carbocycles. The Labute approximate surface area is 340 Å². The lowest BCUT2D eigenvalue weighted by atomic mass is 9.99. The van der Waals surface area contributed by atoms with Crippen molar-refractivity contribution in [3.8, 4) is 27.9 Å². The van der Waals surface area contributed by atoms with E-state index >= 15 is 0 Å². The highest BCUT2D eigenvalue weighted by Gasteiger charge is 2.22. The minimum atomic E-state index is -1.30. The molecule has 2 aromatic heterocycles. The van der Waals surface area contributed by atoms with Gasteiger partial charge in [0.05, 0.1) is 66.0 Å². The fourth-order valence-electron chi connectivity index (χ4n) is 5.63. The second-order valence-electron chi connectivity index (χ2n) is 10.5. The summed E-state index contributed by atoms with van der Waals surface area (Å²) in [7, 11) is 0. The quantitative estimate of drug-likeness (QED) is 0.174. The highest BCUT2D eigenvalue weighted by Crippen LogP contribution is 2.46. The van der Waals surface area contributed by atoms with Gasteiger partial charge >= 0.3 is 0 Å². The van der Waals surface area contributed by atoms with Gasteiger partial charge in [0, 0.05) is 38.8 Å². The van der Waals surface area contributed by atoms with Crippen molar-refractivity contribution < 1.29 is 48.3 Å². The van der Waals surface area contributed by atoms with Crippen molar-refractivity contribution >= 4 is 60.8 Å². The zero-order valence-corrected chi connectivity index (χ0v) is 25.3. The van der Waals surface area contributed by atoms with Crippen LogP contribution in [0.15, 0.2) is 198 Å². The molecule has 0 aliphatic heterocycles. The van der Waals surface area contributed by atoms with E-state index in [4.69, 9.17) is 30.5 Å².